The van der Waals surface area contributed by atoms with Crippen molar-refractivity contribution >= 4 is 28.8 Å². The first-order valence-corrected chi connectivity index (χ1v) is 7.72. The van der Waals surface area contributed by atoms with Gasteiger partial charge in [0, 0.05) is 11.1 Å². The van der Waals surface area contributed by atoms with E-state index in [-0.39, 0.29) is 6.04 Å². The van der Waals surface area contributed by atoms with Crippen molar-refractivity contribution in [1.82, 2.24) is 4.90 Å². The summed E-state index contributed by atoms with van der Waals surface area (Å²) in [6.45, 7) is 3.31. The molecule has 0 saturated carbocycles. The topological polar surface area (TPSA) is 29.3 Å². The number of halogens is 1. The van der Waals surface area contributed by atoms with E-state index >= 15 is 0 Å². The lowest BCUT2D eigenvalue weighted by molar-refractivity contribution is 0.122. The molecular weight excluding hydrogens is 276 g/mol. The van der Waals surface area contributed by atoms with E-state index < -0.39 is 0 Å². The van der Waals surface area contributed by atoms with Gasteiger partial charge in [0.25, 0.3) is 0 Å². The van der Waals surface area contributed by atoms with Crippen molar-refractivity contribution in [2.45, 2.75) is 44.7 Å². The molecule has 2 unspecified atom stereocenters. The van der Waals surface area contributed by atoms with Gasteiger partial charge in [-0.25, -0.2) is 0 Å². The smallest absolute Gasteiger partial charge is 0.0948 e. The molecule has 4 heteroatoms. The van der Waals surface area contributed by atoms with Crippen LogP contribution in [0.25, 0.3) is 0 Å². The monoisotopic (exact) mass is 296 g/mol. The minimum Gasteiger partial charge on any atom is -0.392 e. The van der Waals surface area contributed by atoms with Crippen molar-refractivity contribution in [3.8, 4) is 0 Å². The number of benzene rings is 1. The Morgan fingerprint density at radius 2 is 2.11 bits per heavy atom. The normalized spacial score (nSPS) is 22.1. The van der Waals surface area contributed by atoms with Gasteiger partial charge in [-0.3, -0.25) is 4.90 Å². The molecule has 0 aromatic heterocycles. The standard InChI is InChI=1S/C15H21ClN2S/c1-2-13-5-3-4-10-18(13)14(15(17)19)11-6-8-12(16)9-7-11/h6-9,13-14H,2-5,10H2,1H3,(H2,17,19). The van der Waals surface area contributed by atoms with Gasteiger partial charge in [0.2, 0.25) is 0 Å². The molecule has 2 rings (SSSR count). The third-order valence-corrected chi connectivity index (χ3v) is 4.41. The van der Waals surface area contributed by atoms with E-state index in [0.717, 1.165) is 23.6 Å². The van der Waals surface area contributed by atoms with E-state index in [0.29, 0.717) is 11.0 Å². The second-order valence-electron chi connectivity index (χ2n) is 5.15. The molecule has 0 radical (unpaired) electrons. The number of nitrogens with zero attached hydrogens (tertiary/aromatic N) is 1. The Balaban J connectivity index is 2.28. The van der Waals surface area contributed by atoms with Crippen molar-refractivity contribution in [1.29, 1.82) is 0 Å². The quantitative estimate of drug-likeness (QED) is 0.854. The van der Waals surface area contributed by atoms with Gasteiger partial charge in [-0.1, -0.05) is 49.3 Å². The van der Waals surface area contributed by atoms with E-state index in [9.17, 15) is 0 Å². The van der Waals surface area contributed by atoms with Gasteiger partial charge >= 0.3 is 0 Å². The molecule has 19 heavy (non-hydrogen) atoms. The molecule has 1 aliphatic rings. The summed E-state index contributed by atoms with van der Waals surface area (Å²) in [4.78, 5) is 3.03. The number of hydrogen-bond donors (Lipinski definition) is 1. The van der Waals surface area contributed by atoms with Gasteiger partial charge in [0.1, 0.15) is 0 Å². The number of rotatable bonds is 4. The fourth-order valence-electron chi connectivity index (χ4n) is 2.97. The molecule has 1 heterocycles. The molecule has 2 atom stereocenters. The van der Waals surface area contributed by atoms with Gasteiger partial charge < -0.3 is 5.73 Å². The van der Waals surface area contributed by atoms with Crippen LogP contribution in [0.4, 0.5) is 0 Å². The van der Waals surface area contributed by atoms with E-state index in [2.05, 4.69) is 11.8 Å². The second-order valence-corrected chi connectivity index (χ2v) is 6.06. The lowest BCUT2D eigenvalue weighted by atomic mass is 9.95. The zero-order chi connectivity index (χ0) is 13.8. The van der Waals surface area contributed by atoms with E-state index in [1.54, 1.807) is 0 Å². The number of likely N-dealkylation sites (tertiary alicyclic amines) is 1. The Morgan fingerprint density at radius 1 is 1.42 bits per heavy atom. The molecule has 0 spiro atoms. The van der Waals surface area contributed by atoms with Crippen LogP contribution in [0.5, 0.6) is 0 Å². The third-order valence-electron chi connectivity index (χ3n) is 3.93. The van der Waals surface area contributed by atoms with Crippen LogP contribution < -0.4 is 5.73 Å². The summed E-state index contributed by atoms with van der Waals surface area (Å²) in [5.41, 5.74) is 7.16. The molecule has 2 N–H and O–H groups in total. The average Bonchev–Trinajstić information content (AvgIpc) is 2.41. The Kier molecular flexibility index (Phi) is 5.20. The molecule has 1 aromatic carbocycles. The lowest BCUT2D eigenvalue weighted by Crippen LogP contribution is -2.45. The SMILES string of the molecule is CCC1CCCCN1C(C(N)=S)c1ccc(Cl)cc1. The number of nitrogens with two attached hydrogens (primary N) is 1. The molecule has 1 aliphatic heterocycles. The minimum atomic E-state index is 0.0394. The Labute approximate surface area is 125 Å². The first-order chi connectivity index (χ1) is 9.13. The number of thiocarbonyl (C=S) groups is 1. The molecular formula is C15H21ClN2S. The van der Waals surface area contributed by atoms with Crippen LogP contribution in [-0.4, -0.2) is 22.5 Å². The molecule has 0 amide bonds. The van der Waals surface area contributed by atoms with Crippen molar-refractivity contribution in [2.24, 2.45) is 5.73 Å². The zero-order valence-electron chi connectivity index (χ0n) is 11.3. The van der Waals surface area contributed by atoms with Gasteiger partial charge in [0.05, 0.1) is 11.0 Å². The van der Waals surface area contributed by atoms with Crippen LogP contribution in [0.2, 0.25) is 5.02 Å². The van der Waals surface area contributed by atoms with Crippen LogP contribution >= 0.6 is 23.8 Å². The lowest BCUT2D eigenvalue weighted by Gasteiger charge is -2.40. The number of piperidine rings is 1. The van der Waals surface area contributed by atoms with Crippen LogP contribution in [-0.2, 0) is 0 Å². The van der Waals surface area contributed by atoms with Crippen molar-refractivity contribution in [3.05, 3.63) is 34.9 Å². The highest BCUT2D eigenvalue weighted by Gasteiger charge is 2.30. The minimum absolute atomic E-state index is 0.0394. The van der Waals surface area contributed by atoms with Crippen molar-refractivity contribution < 1.29 is 0 Å². The summed E-state index contributed by atoms with van der Waals surface area (Å²) in [5, 5.41) is 0.746. The van der Waals surface area contributed by atoms with Crippen LogP contribution in [0.15, 0.2) is 24.3 Å². The maximum absolute atomic E-state index is 6.01. The molecule has 1 aromatic rings. The van der Waals surface area contributed by atoms with Gasteiger partial charge in [-0.05, 0) is 43.5 Å². The summed E-state index contributed by atoms with van der Waals surface area (Å²) in [5.74, 6) is 0. The largest absolute Gasteiger partial charge is 0.392 e. The van der Waals surface area contributed by atoms with E-state index in [4.69, 9.17) is 29.6 Å². The molecule has 0 aliphatic carbocycles. The highest BCUT2D eigenvalue weighted by atomic mass is 35.5. The van der Waals surface area contributed by atoms with Gasteiger partial charge in [-0.15, -0.1) is 0 Å². The van der Waals surface area contributed by atoms with E-state index in [1.165, 1.54) is 19.3 Å². The summed E-state index contributed by atoms with van der Waals surface area (Å²) < 4.78 is 0. The Morgan fingerprint density at radius 3 is 2.68 bits per heavy atom. The molecule has 104 valence electrons. The van der Waals surface area contributed by atoms with E-state index in [1.807, 2.05) is 24.3 Å². The molecule has 1 saturated heterocycles. The second kappa shape index (κ2) is 6.69. The summed E-state index contributed by atoms with van der Waals surface area (Å²) in [6, 6.07) is 8.51. The van der Waals surface area contributed by atoms with Crippen LogP contribution in [0.3, 0.4) is 0 Å². The van der Waals surface area contributed by atoms with Crippen molar-refractivity contribution in [2.75, 3.05) is 6.54 Å². The predicted molar refractivity (Wildman–Crippen MR) is 85.6 cm³/mol. The maximum atomic E-state index is 6.01. The maximum Gasteiger partial charge on any atom is 0.0948 e. The predicted octanol–water partition coefficient (Wildman–Crippen LogP) is 3.93. The van der Waals surface area contributed by atoms with Gasteiger partial charge in [0.15, 0.2) is 0 Å². The summed E-state index contributed by atoms with van der Waals surface area (Å²) in [6.07, 6.45) is 4.92. The highest BCUT2D eigenvalue weighted by molar-refractivity contribution is 7.80. The average molecular weight is 297 g/mol. The van der Waals surface area contributed by atoms with Crippen molar-refractivity contribution in [3.63, 3.8) is 0 Å². The summed E-state index contributed by atoms with van der Waals surface area (Å²) in [7, 11) is 0. The Hall–Kier alpha value is -0.640. The fourth-order valence-corrected chi connectivity index (χ4v) is 3.36. The van der Waals surface area contributed by atoms with Gasteiger partial charge in [-0.2, -0.15) is 0 Å². The fraction of sp³-hybridized carbons (Fsp3) is 0.533. The molecule has 0 bridgehead atoms. The van der Waals surface area contributed by atoms with Crippen LogP contribution in [0.1, 0.15) is 44.2 Å². The van der Waals surface area contributed by atoms with Crippen LogP contribution in [0, 0.1) is 0 Å². The molecule has 2 nitrogen and oxygen atoms in total. The summed E-state index contributed by atoms with van der Waals surface area (Å²) >= 11 is 11.3. The zero-order valence-corrected chi connectivity index (χ0v) is 12.9. The third kappa shape index (κ3) is 3.47. The Bertz CT molecular complexity index is 432. The molecule has 1 fully saturated rings. The highest BCUT2D eigenvalue weighted by Crippen LogP contribution is 2.30. The number of hydrogen-bond acceptors (Lipinski definition) is 2. The first kappa shape index (κ1) is 14.8. The first-order valence-electron chi connectivity index (χ1n) is 6.94.